The number of carbonyl (C=O) groups excluding carboxylic acids is 1. The lowest BCUT2D eigenvalue weighted by molar-refractivity contribution is 0.0787. The molecule has 1 saturated heterocycles. The second-order valence-electron chi connectivity index (χ2n) is 6.86. The van der Waals surface area contributed by atoms with Crippen molar-refractivity contribution in [1.82, 2.24) is 15.0 Å². The van der Waals surface area contributed by atoms with Gasteiger partial charge in [0.1, 0.15) is 0 Å². The van der Waals surface area contributed by atoms with Gasteiger partial charge in [-0.1, -0.05) is 41.1 Å². The number of carbonyl (C=O) groups is 1. The SMILES string of the molecule is Cc1cccc(C(=O)N2CCC(Cc3noc(-c4ccccc4)n3)C2)c1. The first-order valence-corrected chi connectivity index (χ1v) is 8.93. The summed E-state index contributed by atoms with van der Waals surface area (Å²) < 4.78 is 5.38. The van der Waals surface area contributed by atoms with E-state index in [2.05, 4.69) is 10.1 Å². The quantitative estimate of drug-likeness (QED) is 0.721. The first kappa shape index (κ1) is 16.5. The average molecular weight is 347 g/mol. The van der Waals surface area contributed by atoms with Crippen molar-refractivity contribution in [3.8, 4) is 11.5 Å². The number of amides is 1. The molecule has 5 nitrogen and oxygen atoms in total. The summed E-state index contributed by atoms with van der Waals surface area (Å²) in [7, 11) is 0. The number of benzene rings is 2. The molecule has 132 valence electrons. The van der Waals surface area contributed by atoms with Gasteiger partial charge in [0.2, 0.25) is 0 Å². The Kier molecular flexibility index (Phi) is 4.52. The third kappa shape index (κ3) is 3.52. The molecule has 0 spiro atoms. The number of hydrogen-bond donors (Lipinski definition) is 0. The predicted octanol–water partition coefficient (Wildman–Crippen LogP) is 3.75. The first-order chi connectivity index (χ1) is 12.7. The van der Waals surface area contributed by atoms with Gasteiger partial charge in [-0.05, 0) is 43.5 Å². The molecule has 1 fully saturated rings. The highest BCUT2D eigenvalue weighted by Gasteiger charge is 2.28. The second kappa shape index (κ2) is 7.12. The molecule has 1 unspecified atom stereocenters. The van der Waals surface area contributed by atoms with Gasteiger partial charge in [-0.25, -0.2) is 0 Å². The van der Waals surface area contributed by atoms with E-state index in [0.717, 1.165) is 42.6 Å². The summed E-state index contributed by atoms with van der Waals surface area (Å²) in [6, 6.07) is 17.5. The Hall–Kier alpha value is -2.95. The Labute approximate surface area is 152 Å². The number of nitrogens with zero attached hydrogens (tertiary/aromatic N) is 3. The van der Waals surface area contributed by atoms with Crippen molar-refractivity contribution in [2.45, 2.75) is 19.8 Å². The highest BCUT2D eigenvalue weighted by Crippen LogP contribution is 2.23. The van der Waals surface area contributed by atoms with Crippen LogP contribution in [0.4, 0.5) is 0 Å². The molecule has 2 aromatic carbocycles. The molecular weight excluding hydrogens is 326 g/mol. The zero-order valence-corrected chi connectivity index (χ0v) is 14.8. The topological polar surface area (TPSA) is 59.2 Å². The molecule has 1 atom stereocenters. The summed E-state index contributed by atoms with van der Waals surface area (Å²) in [6.45, 7) is 3.52. The summed E-state index contributed by atoms with van der Waals surface area (Å²) in [5.41, 5.74) is 2.79. The highest BCUT2D eigenvalue weighted by atomic mass is 16.5. The van der Waals surface area contributed by atoms with E-state index in [4.69, 9.17) is 4.52 Å². The van der Waals surface area contributed by atoms with Crippen LogP contribution in [0.5, 0.6) is 0 Å². The zero-order valence-electron chi connectivity index (χ0n) is 14.8. The van der Waals surface area contributed by atoms with Crippen LogP contribution in [0.3, 0.4) is 0 Å². The molecule has 2 heterocycles. The maximum Gasteiger partial charge on any atom is 0.257 e. The van der Waals surface area contributed by atoms with E-state index in [9.17, 15) is 4.79 Å². The minimum Gasteiger partial charge on any atom is -0.338 e. The molecule has 0 N–H and O–H groups in total. The smallest absolute Gasteiger partial charge is 0.257 e. The van der Waals surface area contributed by atoms with Gasteiger partial charge in [-0.2, -0.15) is 4.98 Å². The fourth-order valence-corrected chi connectivity index (χ4v) is 3.44. The van der Waals surface area contributed by atoms with Crippen molar-refractivity contribution in [1.29, 1.82) is 0 Å². The number of likely N-dealkylation sites (tertiary alicyclic amines) is 1. The number of rotatable bonds is 4. The van der Waals surface area contributed by atoms with Crippen LogP contribution < -0.4 is 0 Å². The van der Waals surface area contributed by atoms with Crippen LogP contribution in [-0.2, 0) is 6.42 Å². The van der Waals surface area contributed by atoms with Gasteiger partial charge in [-0.15, -0.1) is 0 Å². The molecule has 5 heteroatoms. The molecule has 4 rings (SSSR count). The predicted molar refractivity (Wildman–Crippen MR) is 98.6 cm³/mol. The van der Waals surface area contributed by atoms with Crippen molar-refractivity contribution in [2.24, 2.45) is 5.92 Å². The lowest BCUT2D eigenvalue weighted by atomic mass is 10.0. The molecule has 0 saturated carbocycles. The van der Waals surface area contributed by atoms with Gasteiger partial charge in [0.05, 0.1) is 0 Å². The van der Waals surface area contributed by atoms with E-state index >= 15 is 0 Å². The Morgan fingerprint density at radius 2 is 2.04 bits per heavy atom. The minimum absolute atomic E-state index is 0.106. The van der Waals surface area contributed by atoms with Crippen molar-refractivity contribution < 1.29 is 9.32 Å². The summed E-state index contributed by atoms with van der Waals surface area (Å²) >= 11 is 0. The van der Waals surface area contributed by atoms with Gasteiger partial charge < -0.3 is 9.42 Å². The second-order valence-corrected chi connectivity index (χ2v) is 6.86. The Morgan fingerprint density at radius 1 is 1.19 bits per heavy atom. The Morgan fingerprint density at radius 3 is 2.85 bits per heavy atom. The molecule has 1 amide bonds. The maximum absolute atomic E-state index is 12.7. The van der Waals surface area contributed by atoms with Crippen LogP contribution in [0.15, 0.2) is 59.1 Å². The van der Waals surface area contributed by atoms with Gasteiger partial charge >= 0.3 is 0 Å². The zero-order chi connectivity index (χ0) is 17.9. The Bertz CT molecular complexity index is 904. The van der Waals surface area contributed by atoms with Gasteiger partial charge in [0, 0.05) is 30.6 Å². The Balaban J connectivity index is 1.39. The van der Waals surface area contributed by atoms with E-state index in [1.807, 2.05) is 66.4 Å². The van der Waals surface area contributed by atoms with Crippen LogP contribution in [0, 0.1) is 12.8 Å². The third-order valence-corrected chi connectivity index (χ3v) is 4.80. The van der Waals surface area contributed by atoms with Crippen molar-refractivity contribution in [3.63, 3.8) is 0 Å². The molecule has 3 aromatic rings. The fourth-order valence-electron chi connectivity index (χ4n) is 3.44. The summed E-state index contributed by atoms with van der Waals surface area (Å²) in [6.07, 6.45) is 1.70. The lowest BCUT2D eigenvalue weighted by Crippen LogP contribution is -2.29. The van der Waals surface area contributed by atoms with Gasteiger partial charge in [0.15, 0.2) is 5.82 Å². The van der Waals surface area contributed by atoms with Crippen LogP contribution in [0.1, 0.15) is 28.2 Å². The van der Waals surface area contributed by atoms with E-state index < -0.39 is 0 Å². The number of aromatic nitrogens is 2. The van der Waals surface area contributed by atoms with Crippen molar-refractivity contribution in [3.05, 3.63) is 71.5 Å². The molecule has 1 aliphatic rings. The number of aryl methyl sites for hydroxylation is 1. The molecule has 0 bridgehead atoms. The van der Waals surface area contributed by atoms with Gasteiger partial charge in [-0.3, -0.25) is 4.79 Å². The average Bonchev–Trinajstić information content (AvgIpc) is 3.32. The fraction of sp³-hybridized carbons (Fsp3) is 0.286. The van der Waals surface area contributed by atoms with E-state index in [1.54, 1.807) is 0 Å². The summed E-state index contributed by atoms with van der Waals surface area (Å²) in [5.74, 6) is 1.73. The monoisotopic (exact) mass is 347 g/mol. The summed E-state index contributed by atoms with van der Waals surface area (Å²) in [5, 5.41) is 4.11. The third-order valence-electron chi connectivity index (χ3n) is 4.80. The van der Waals surface area contributed by atoms with Crippen molar-refractivity contribution in [2.75, 3.05) is 13.1 Å². The lowest BCUT2D eigenvalue weighted by Gasteiger charge is -2.16. The molecule has 0 radical (unpaired) electrons. The van der Waals surface area contributed by atoms with Crippen LogP contribution in [-0.4, -0.2) is 34.0 Å². The van der Waals surface area contributed by atoms with Crippen LogP contribution >= 0.6 is 0 Å². The van der Waals surface area contributed by atoms with E-state index in [-0.39, 0.29) is 5.91 Å². The molecule has 1 aromatic heterocycles. The van der Waals surface area contributed by atoms with E-state index in [1.165, 1.54) is 0 Å². The number of hydrogen-bond acceptors (Lipinski definition) is 4. The summed E-state index contributed by atoms with van der Waals surface area (Å²) in [4.78, 5) is 19.1. The largest absolute Gasteiger partial charge is 0.338 e. The van der Waals surface area contributed by atoms with E-state index in [0.29, 0.717) is 17.6 Å². The van der Waals surface area contributed by atoms with Gasteiger partial charge in [0.25, 0.3) is 11.8 Å². The highest BCUT2D eigenvalue weighted by molar-refractivity contribution is 5.94. The minimum atomic E-state index is 0.106. The molecule has 1 aliphatic heterocycles. The van der Waals surface area contributed by atoms with Crippen LogP contribution in [0.25, 0.3) is 11.5 Å². The maximum atomic E-state index is 12.7. The normalized spacial score (nSPS) is 16.8. The molecule has 26 heavy (non-hydrogen) atoms. The molecule has 0 aliphatic carbocycles. The first-order valence-electron chi connectivity index (χ1n) is 8.93. The molecular formula is C21H21N3O2. The van der Waals surface area contributed by atoms with Crippen molar-refractivity contribution >= 4 is 5.91 Å². The standard InChI is InChI=1S/C21H21N3O2/c1-15-6-5-9-18(12-15)21(25)24-11-10-16(14-24)13-19-22-20(26-23-19)17-7-3-2-4-8-17/h2-9,12,16H,10-11,13-14H2,1H3. The van der Waals surface area contributed by atoms with Crippen LogP contribution in [0.2, 0.25) is 0 Å².